The van der Waals surface area contributed by atoms with Crippen LogP contribution in [0.15, 0.2) is 41.6 Å². The van der Waals surface area contributed by atoms with E-state index in [-0.39, 0.29) is 21.7 Å². The summed E-state index contributed by atoms with van der Waals surface area (Å²) >= 11 is 5.53. The average molecular weight is 293 g/mol. The zero-order chi connectivity index (χ0) is 13.2. The molecule has 2 nitrogen and oxygen atoms in total. The highest BCUT2D eigenvalue weighted by molar-refractivity contribution is 8.00. The van der Waals surface area contributed by atoms with Crippen LogP contribution >= 0.6 is 23.4 Å². The van der Waals surface area contributed by atoms with E-state index in [2.05, 4.69) is 5.10 Å². The molecule has 0 bridgehead atoms. The third-order valence-electron chi connectivity index (χ3n) is 2.13. The minimum Gasteiger partial charge on any atom is -0.268 e. The Labute approximate surface area is 111 Å². The van der Waals surface area contributed by atoms with E-state index in [0.717, 1.165) is 5.56 Å². The normalized spacial score (nSPS) is 11.8. The van der Waals surface area contributed by atoms with Gasteiger partial charge in [0, 0.05) is 17.3 Å². The number of aromatic nitrogens is 2. The van der Waals surface area contributed by atoms with Crippen LogP contribution in [-0.4, -0.2) is 15.3 Å². The van der Waals surface area contributed by atoms with E-state index in [4.69, 9.17) is 11.6 Å². The molecular formula is C11H8ClF3N2S. The Kier molecular flexibility index (Phi) is 3.87. The first-order valence-electron chi connectivity index (χ1n) is 4.96. The fraction of sp³-hybridized carbons (Fsp3) is 0.182. The van der Waals surface area contributed by atoms with Crippen molar-refractivity contribution in [2.75, 3.05) is 0 Å². The van der Waals surface area contributed by atoms with Gasteiger partial charge >= 0.3 is 5.51 Å². The Morgan fingerprint density at radius 1 is 1.33 bits per heavy atom. The van der Waals surface area contributed by atoms with E-state index in [9.17, 15) is 13.2 Å². The molecule has 0 fully saturated rings. The molecule has 1 aromatic carbocycles. The third-order valence-corrected chi connectivity index (χ3v) is 3.36. The van der Waals surface area contributed by atoms with E-state index < -0.39 is 5.51 Å². The van der Waals surface area contributed by atoms with Crippen molar-refractivity contribution in [1.29, 1.82) is 0 Å². The zero-order valence-electron chi connectivity index (χ0n) is 8.99. The van der Waals surface area contributed by atoms with Crippen molar-refractivity contribution in [2.24, 2.45) is 0 Å². The lowest BCUT2D eigenvalue weighted by Crippen LogP contribution is -2.02. The first-order valence-corrected chi connectivity index (χ1v) is 6.15. The summed E-state index contributed by atoms with van der Waals surface area (Å²) < 4.78 is 38.6. The summed E-state index contributed by atoms with van der Waals surface area (Å²) in [5, 5.41) is 4.09. The Hall–Kier alpha value is -1.14. The van der Waals surface area contributed by atoms with Gasteiger partial charge in [-0.25, -0.2) is 0 Å². The summed E-state index contributed by atoms with van der Waals surface area (Å²) in [4.78, 5) is 0.00817. The number of alkyl halides is 3. The summed E-state index contributed by atoms with van der Waals surface area (Å²) in [6, 6.07) is 6.34. The average Bonchev–Trinajstić information content (AvgIpc) is 2.74. The summed E-state index contributed by atoms with van der Waals surface area (Å²) in [5.41, 5.74) is -3.62. The fourth-order valence-corrected chi connectivity index (χ4v) is 2.29. The van der Waals surface area contributed by atoms with Crippen LogP contribution in [0, 0.1) is 0 Å². The Balaban J connectivity index is 2.21. The molecule has 0 aliphatic rings. The van der Waals surface area contributed by atoms with Crippen molar-refractivity contribution < 1.29 is 13.2 Å². The van der Waals surface area contributed by atoms with Gasteiger partial charge in [-0.1, -0.05) is 17.7 Å². The van der Waals surface area contributed by atoms with Gasteiger partial charge in [-0.2, -0.15) is 18.3 Å². The van der Waals surface area contributed by atoms with Gasteiger partial charge in [-0.15, -0.1) is 0 Å². The number of hydrogen-bond donors (Lipinski definition) is 0. The molecule has 18 heavy (non-hydrogen) atoms. The number of benzene rings is 1. The first kappa shape index (κ1) is 13.3. The maximum Gasteiger partial charge on any atom is 0.446 e. The first-order chi connectivity index (χ1) is 8.44. The predicted octanol–water partition coefficient (Wildman–Crippen LogP) is 4.20. The number of thioether (sulfide) groups is 1. The number of rotatable bonds is 3. The lowest BCUT2D eigenvalue weighted by atomic mass is 10.2. The maximum atomic E-state index is 12.3. The molecule has 2 aromatic rings. The van der Waals surface area contributed by atoms with Gasteiger partial charge in [0.2, 0.25) is 0 Å². The quantitative estimate of drug-likeness (QED) is 0.789. The molecule has 7 heteroatoms. The summed E-state index contributed by atoms with van der Waals surface area (Å²) in [5.74, 6) is 0. The van der Waals surface area contributed by atoms with Crippen LogP contribution in [0.2, 0.25) is 5.02 Å². The van der Waals surface area contributed by atoms with Crippen LogP contribution in [0.3, 0.4) is 0 Å². The van der Waals surface area contributed by atoms with E-state index in [1.807, 2.05) is 0 Å². The SMILES string of the molecule is FC(F)(F)Sc1cc(Cn2cccn2)ccc1Cl. The molecule has 0 aliphatic heterocycles. The molecule has 1 heterocycles. The highest BCUT2D eigenvalue weighted by Gasteiger charge is 2.30. The second kappa shape index (κ2) is 5.24. The molecule has 0 spiro atoms. The van der Waals surface area contributed by atoms with Crippen molar-refractivity contribution in [3.05, 3.63) is 47.2 Å². The standard InChI is InChI=1S/C11H8ClF3N2S/c12-9-3-2-8(7-17-5-1-4-16-17)6-10(9)18-11(13,14)15/h1-6H,7H2. The molecule has 0 aliphatic carbocycles. The Morgan fingerprint density at radius 2 is 2.11 bits per heavy atom. The third kappa shape index (κ3) is 3.68. The van der Waals surface area contributed by atoms with Crippen LogP contribution in [0.25, 0.3) is 0 Å². The molecule has 0 N–H and O–H groups in total. The van der Waals surface area contributed by atoms with Crippen molar-refractivity contribution >= 4 is 23.4 Å². The van der Waals surface area contributed by atoms with Crippen molar-refractivity contribution in [3.63, 3.8) is 0 Å². The number of halogens is 4. The Morgan fingerprint density at radius 3 is 2.72 bits per heavy atom. The van der Waals surface area contributed by atoms with Gasteiger partial charge in [-0.3, -0.25) is 4.68 Å². The molecule has 0 atom stereocenters. The lowest BCUT2D eigenvalue weighted by Gasteiger charge is -2.09. The zero-order valence-corrected chi connectivity index (χ0v) is 10.6. The van der Waals surface area contributed by atoms with Gasteiger partial charge in [-0.05, 0) is 35.5 Å². The molecule has 0 saturated carbocycles. The predicted molar refractivity (Wildman–Crippen MR) is 64.7 cm³/mol. The highest BCUT2D eigenvalue weighted by atomic mass is 35.5. The van der Waals surface area contributed by atoms with E-state index in [1.165, 1.54) is 12.1 Å². The van der Waals surface area contributed by atoms with Gasteiger partial charge in [0.25, 0.3) is 0 Å². The van der Waals surface area contributed by atoms with Crippen molar-refractivity contribution in [2.45, 2.75) is 16.9 Å². The number of hydrogen-bond acceptors (Lipinski definition) is 2. The van der Waals surface area contributed by atoms with Crippen LogP contribution in [0.1, 0.15) is 5.56 Å². The summed E-state index contributed by atoms with van der Waals surface area (Å²) in [6.45, 7) is 0.412. The summed E-state index contributed by atoms with van der Waals surface area (Å²) in [7, 11) is 0. The molecule has 96 valence electrons. The topological polar surface area (TPSA) is 17.8 Å². The molecular weight excluding hydrogens is 285 g/mol. The van der Waals surface area contributed by atoms with Gasteiger partial charge in [0.05, 0.1) is 11.6 Å². The molecule has 2 rings (SSSR count). The smallest absolute Gasteiger partial charge is 0.268 e. The molecule has 0 saturated heterocycles. The summed E-state index contributed by atoms with van der Waals surface area (Å²) in [6.07, 6.45) is 3.35. The van der Waals surface area contributed by atoms with Crippen molar-refractivity contribution in [3.8, 4) is 0 Å². The monoisotopic (exact) mass is 292 g/mol. The molecule has 1 aromatic heterocycles. The Bertz CT molecular complexity index is 526. The highest BCUT2D eigenvalue weighted by Crippen LogP contribution is 2.40. The van der Waals surface area contributed by atoms with Crippen LogP contribution in [0.5, 0.6) is 0 Å². The van der Waals surface area contributed by atoms with Crippen LogP contribution in [-0.2, 0) is 6.54 Å². The minimum atomic E-state index is -4.34. The van der Waals surface area contributed by atoms with Crippen molar-refractivity contribution in [1.82, 2.24) is 9.78 Å². The van der Waals surface area contributed by atoms with E-state index in [1.54, 1.807) is 29.2 Å². The second-order valence-corrected chi connectivity index (χ2v) is 5.03. The molecule has 0 radical (unpaired) electrons. The maximum absolute atomic E-state index is 12.3. The molecule has 0 unspecified atom stereocenters. The lowest BCUT2D eigenvalue weighted by molar-refractivity contribution is -0.0328. The molecule has 0 amide bonds. The van der Waals surface area contributed by atoms with Crippen LogP contribution in [0.4, 0.5) is 13.2 Å². The van der Waals surface area contributed by atoms with Gasteiger partial charge < -0.3 is 0 Å². The van der Waals surface area contributed by atoms with Gasteiger partial charge in [0.1, 0.15) is 0 Å². The fourth-order valence-electron chi connectivity index (χ4n) is 1.43. The second-order valence-electron chi connectivity index (χ2n) is 3.52. The van der Waals surface area contributed by atoms with E-state index in [0.29, 0.717) is 6.54 Å². The number of nitrogens with zero attached hydrogens (tertiary/aromatic N) is 2. The van der Waals surface area contributed by atoms with Gasteiger partial charge in [0.15, 0.2) is 0 Å². The minimum absolute atomic E-state index is 0.00817. The largest absolute Gasteiger partial charge is 0.446 e. The van der Waals surface area contributed by atoms with E-state index >= 15 is 0 Å². The van der Waals surface area contributed by atoms with Crippen LogP contribution < -0.4 is 0 Å².